The highest BCUT2D eigenvalue weighted by Crippen LogP contribution is 2.28. The van der Waals surface area contributed by atoms with E-state index in [1.165, 1.54) is 18.2 Å². The van der Waals surface area contributed by atoms with E-state index in [0.717, 1.165) is 0 Å². The second-order valence-corrected chi connectivity index (χ2v) is 13.8. The molecule has 316 valence electrons. The zero-order valence-corrected chi connectivity index (χ0v) is 32.3. The Kier molecular flexibility index (Phi) is 16.4. The number of unbranched alkanes of at least 4 members (excludes halogenated alkanes) is 1. The van der Waals surface area contributed by atoms with E-state index < -0.39 is 72.8 Å². The minimum atomic E-state index is -1.52. The zero-order valence-electron chi connectivity index (χ0n) is 32.3. The molecule has 21 nitrogen and oxygen atoms in total. The van der Waals surface area contributed by atoms with Crippen molar-refractivity contribution in [1.29, 1.82) is 0 Å². The minimum absolute atomic E-state index is 0.0107. The highest BCUT2D eigenvalue weighted by Gasteiger charge is 2.33. The van der Waals surface area contributed by atoms with Crippen LogP contribution in [0.5, 0.6) is 0 Å². The van der Waals surface area contributed by atoms with Crippen molar-refractivity contribution in [2.24, 2.45) is 32.9 Å². The number of hydrogen-bond donors (Lipinski definition) is 11. The summed E-state index contributed by atoms with van der Waals surface area (Å²) in [6.45, 7) is -1.08. The first-order valence-electron chi connectivity index (χ1n) is 19.0. The molecular formula is C38H50N12O9. The summed E-state index contributed by atoms with van der Waals surface area (Å²) in [5.74, 6) is -5.56. The maximum Gasteiger partial charge on any atom is 0.251 e. The number of guanidine groups is 2. The maximum atomic E-state index is 13.7. The number of rotatable bonds is 15. The van der Waals surface area contributed by atoms with E-state index in [-0.39, 0.29) is 104 Å². The zero-order chi connectivity index (χ0) is 43.1. The van der Waals surface area contributed by atoms with Gasteiger partial charge in [-0.2, -0.15) is 0 Å². The van der Waals surface area contributed by atoms with Gasteiger partial charge in [-0.25, -0.2) is 0 Å². The van der Waals surface area contributed by atoms with Crippen molar-refractivity contribution in [2.75, 3.05) is 32.8 Å². The standard InChI is InChI=1S/C38H50N12O9/c39-37(40)44-15-5-10-26-34(57)50-28(19-51)36(59)49-27(11-6-16-45-38(41)42)35(58)48-25(33(56)46-18-29(52)47-26)9-3-4-14-43-32(55)20-12-13-23-24(17-20)31(54)22-8-2-1-7-21(22)30(23)53/h1-2,7-8,12-13,17,25-28,51H,3-6,9-11,14-16,18-19H2,(H,43,55)(H,46,56)(H,47,52)(H,48,58)(H,49,59)(H,50,57)(H4,39,40,44)(H4,41,42,45)/t25-,26+,27+,28+/m1/s1. The van der Waals surface area contributed by atoms with Crippen LogP contribution in [0.4, 0.5) is 0 Å². The molecule has 0 bridgehead atoms. The van der Waals surface area contributed by atoms with Gasteiger partial charge >= 0.3 is 0 Å². The molecule has 59 heavy (non-hydrogen) atoms. The number of nitrogens with one attached hydrogen (secondary N) is 6. The summed E-state index contributed by atoms with van der Waals surface area (Å²) in [7, 11) is 0. The van der Waals surface area contributed by atoms with Crippen LogP contribution < -0.4 is 54.8 Å². The number of hydrogen-bond acceptors (Lipinski definition) is 11. The normalized spacial score (nSPS) is 19.8. The first kappa shape index (κ1) is 44.8. The molecule has 1 aliphatic heterocycles. The number of aliphatic hydroxyl groups is 1. The van der Waals surface area contributed by atoms with Crippen LogP contribution in [-0.4, -0.2) is 121 Å². The fourth-order valence-corrected chi connectivity index (χ4v) is 6.38. The van der Waals surface area contributed by atoms with Gasteiger partial charge in [0, 0.05) is 47.5 Å². The lowest BCUT2D eigenvalue weighted by atomic mass is 9.83. The topological polar surface area (TPSA) is 358 Å². The van der Waals surface area contributed by atoms with E-state index >= 15 is 0 Å². The Hall–Kier alpha value is -6.90. The van der Waals surface area contributed by atoms with E-state index in [0.29, 0.717) is 12.0 Å². The molecule has 6 amide bonds. The van der Waals surface area contributed by atoms with Gasteiger partial charge in [0.2, 0.25) is 29.5 Å². The Morgan fingerprint density at radius 3 is 1.69 bits per heavy atom. The summed E-state index contributed by atoms with van der Waals surface area (Å²) < 4.78 is 0. The van der Waals surface area contributed by atoms with E-state index in [9.17, 15) is 43.5 Å². The molecule has 4 rings (SSSR count). The molecule has 1 saturated heterocycles. The minimum Gasteiger partial charge on any atom is -0.394 e. The lowest BCUT2D eigenvalue weighted by molar-refractivity contribution is -0.134. The van der Waals surface area contributed by atoms with Crippen molar-refractivity contribution in [1.82, 2.24) is 31.9 Å². The molecule has 1 fully saturated rings. The van der Waals surface area contributed by atoms with E-state index in [1.807, 2.05) is 0 Å². The monoisotopic (exact) mass is 818 g/mol. The molecule has 1 heterocycles. The summed E-state index contributed by atoms with van der Waals surface area (Å²) >= 11 is 0. The molecule has 2 aliphatic rings. The fourth-order valence-electron chi connectivity index (χ4n) is 6.38. The van der Waals surface area contributed by atoms with Gasteiger partial charge in [-0.15, -0.1) is 0 Å². The molecular weight excluding hydrogens is 768 g/mol. The number of carbonyl (C=O) groups is 8. The van der Waals surface area contributed by atoms with Crippen molar-refractivity contribution >= 4 is 58.9 Å². The molecule has 0 radical (unpaired) electrons. The van der Waals surface area contributed by atoms with Crippen molar-refractivity contribution in [3.8, 4) is 0 Å². The van der Waals surface area contributed by atoms with Crippen LogP contribution in [0.25, 0.3) is 0 Å². The van der Waals surface area contributed by atoms with Crippen molar-refractivity contribution < 1.29 is 43.5 Å². The Morgan fingerprint density at radius 2 is 1.12 bits per heavy atom. The Bertz CT molecular complexity index is 1990. The predicted octanol–water partition coefficient (Wildman–Crippen LogP) is -3.47. The second kappa shape index (κ2) is 21.6. The quantitative estimate of drug-likeness (QED) is 0.0404. The highest BCUT2D eigenvalue weighted by molar-refractivity contribution is 6.28. The third kappa shape index (κ3) is 12.8. The molecule has 0 saturated carbocycles. The third-order valence-corrected chi connectivity index (χ3v) is 9.44. The van der Waals surface area contributed by atoms with Crippen molar-refractivity contribution in [3.05, 3.63) is 70.3 Å². The average Bonchev–Trinajstić information content (AvgIpc) is 3.21. The SMILES string of the molecule is NC(N)=NCCC[C@@H]1NC(=O)CNC(=O)[C@@H](CCCCNC(=O)c2ccc3c(c2)C(=O)c2ccccc2C3=O)NC(=O)[C@H](CCCN=C(N)N)NC(=O)[C@H](CO)NC1=O. The maximum absolute atomic E-state index is 13.7. The van der Waals surface area contributed by atoms with Crippen LogP contribution in [0.3, 0.4) is 0 Å². The molecule has 1 aliphatic carbocycles. The van der Waals surface area contributed by atoms with Gasteiger partial charge in [-0.05, 0) is 63.1 Å². The molecule has 4 atom stereocenters. The number of nitrogens with two attached hydrogens (primary N) is 4. The predicted molar refractivity (Wildman–Crippen MR) is 214 cm³/mol. The number of carbonyl (C=O) groups excluding carboxylic acids is 8. The first-order chi connectivity index (χ1) is 28.2. The van der Waals surface area contributed by atoms with Crippen LogP contribution in [0.2, 0.25) is 0 Å². The number of benzene rings is 2. The fraction of sp³-hybridized carbons (Fsp3) is 0.421. The number of nitrogens with zero attached hydrogens (tertiary/aromatic N) is 2. The largest absolute Gasteiger partial charge is 0.394 e. The molecule has 2 aromatic rings. The van der Waals surface area contributed by atoms with E-state index in [4.69, 9.17) is 22.9 Å². The van der Waals surface area contributed by atoms with Crippen LogP contribution in [0.1, 0.15) is 87.1 Å². The number of aliphatic imine (C=N–C) groups is 2. The third-order valence-electron chi connectivity index (χ3n) is 9.44. The van der Waals surface area contributed by atoms with Crippen molar-refractivity contribution in [2.45, 2.75) is 69.1 Å². The van der Waals surface area contributed by atoms with Gasteiger partial charge < -0.3 is 59.9 Å². The first-order valence-corrected chi connectivity index (χ1v) is 19.0. The highest BCUT2D eigenvalue weighted by atomic mass is 16.3. The number of ketones is 2. The summed E-state index contributed by atoms with van der Waals surface area (Å²) in [5.41, 5.74) is 22.6. The van der Waals surface area contributed by atoms with Gasteiger partial charge in [-0.1, -0.05) is 24.3 Å². The number of aliphatic hydroxyl groups excluding tert-OH is 1. The van der Waals surface area contributed by atoms with Crippen LogP contribution in [0, 0.1) is 0 Å². The van der Waals surface area contributed by atoms with Gasteiger partial charge in [0.25, 0.3) is 5.91 Å². The summed E-state index contributed by atoms with van der Waals surface area (Å²) in [4.78, 5) is 113. The van der Waals surface area contributed by atoms with Crippen LogP contribution >= 0.6 is 0 Å². The van der Waals surface area contributed by atoms with Crippen LogP contribution in [0.15, 0.2) is 52.4 Å². The Labute approximate surface area is 339 Å². The van der Waals surface area contributed by atoms with Gasteiger partial charge in [-0.3, -0.25) is 48.3 Å². The molecule has 15 N–H and O–H groups in total. The summed E-state index contributed by atoms with van der Waals surface area (Å²) in [6.07, 6.45) is 1.10. The molecule has 2 aromatic carbocycles. The van der Waals surface area contributed by atoms with Gasteiger partial charge in [0.05, 0.1) is 13.2 Å². The number of amides is 6. The van der Waals surface area contributed by atoms with Gasteiger partial charge in [0.15, 0.2) is 23.5 Å². The average molecular weight is 819 g/mol. The van der Waals surface area contributed by atoms with Crippen molar-refractivity contribution in [3.63, 3.8) is 0 Å². The summed E-state index contributed by atoms with van der Waals surface area (Å²) in [6, 6.07) is 5.50. The van der Waals surface area contributed by atoms with Gasteiger partial charge in [0.1, 0.15) is 24.2 Å². The lowest BCUT2D eigenvalue weighted by Crippen LogP contribution is -2.58. The number of fused-ring (bicyclic) bond motifs is 2. The van der Waals surface area contributed by atoms with E-state index in [2.05, 4.69) is 41.9 Å². The second-order valence-electron chi connectivity index (χ2n) is 13.8. The van der Waals surface area contributed by atoms with Crippen LogP contribution in [-0.2, 0) is 24.0 Å². The lowest BCUT2D eigenvalue weighted by Gasteiger charge is -2.25. The Balaban J connectivity index is 1.45. The molecule has 0 spiro atoms. The smallest absolute Gasteiger partial charge is 0.251 e. The molecule has 21 heteroatoms. The molecule has 0 aromatic heterocycles. The Morgan fingerprint density at radius 1 is 0.627 bits per heavy atom. The molecule has 0 unspecified atom stereocenters. The van der Waals surface area contributed by atoms with E-state index in [1.54, 1.807) is 24.3 Å². The summed E-state index contributed by atoms with van der Waals surface area (Å²) in [5, 5.41) is 25.3.